The van der Waals surface area contributed by atoms with E-state index in [-0.39, 0.29) is 48.6 Å². The largest absolute Gasteiger partial charge is 0.504 e. The minimum Gasteiger partial charge on any atom is -0.504 e. The van der Waals surface area contributed by atoms with Crippen LogP contribution in [-0.2, 0) is 33.4 Å². The first-order valence-electron chi connectivity index (χ1n) is 12.5. The van der Waals surface area contributed by atoms with Crippen molar-refractivity contribution in [2.45, 2.75) is 71.6 Å². The first kappa shape index (κ1) is 27.1. The van der Waals surface area contributed by atoms with E-state index in [0.717, 1.165) is 0 Å². The number of fused-ring (bicyclic) bond motifs is 4. The van der Waals surface area contributed by atoms with Crippen LogP contribution >= 0.6 is 0 Å². The Bertz CT molecular complexity index is 1160. The molecule has 1 saturated heterocycles. The number of nitrogens with one attached hydrogen (secondary N) is 1. The molecule has 37 heavy (non-hydrogen) atoms. The molecule has 10 nitrogen and oxygen atoms in total. The van der Waals surface area contributed by atoms with Crippen LogP contribution in [0.25, 0.3) is 0 Å². The van der Waals surface area contributed by atoms with Crippen molar-refractivity contribution in [3.8, 4) is 0 Å². The van der Waals surface area contributed by atoms with E-state index in [1.807, 2.05) is 0 Å². The molecular weight excluding hydrogens is 482 g/mol. The monoisotopic (exact) mass is 517 g/mol. The van der Waals surface area contributed by atoms with E-state index in [2.05, 4.69) is 5.32 Å². The van der Waals surface area contributed by atoms with Crippen LogP contribution in [0, 0.1) is 16.7 Å². The molecule has 0 unspecified atom stereocenters. The second-order valence-electron chi connectivity index (χ2n) is 11.4. The third-order valence-corrected chi connectivity index (χ3v) is 8.42. The van der Waals surface area contributed by atoms with Gasteiger partial charge >= 0.3 is 11.9 Å². The molecule has 1 aliphatic heterocycles. The van der Waals surface area contributed by atoms with Crippen molar-refractivity contribution in [2.24, 2.45) is 16.7 Å². The van der Waals surface area contributed by atoms with Crippen molar-refractivity contribution in [2.75, 3.05) is 20.3 Å². The highest BCUT2D eigenvalue weighted by Crippen LogP contribution is 2.62. The van der Waals surface area contributed by atoms with E-state index in [4.69, 9.17) is 14.2 Å². The second kappa shape index (κ2) is 9.09. The number of carbonyl (C=O) groups excluding carboxylic acids is 4. The molecule has 3 N–H and O–H groups in total. The molecule has 1 saturated carbocycles. The van der Waals surface area contributed by atoms with Gasteiger partial charge in [0.1, 0.15) is 18.0 Å². The molecule has 4 aliphatic rings. The maximum absolute atomic E-state index is 13.9. The highest BCUT2D eigenvalue weighted by molar-refractivity contribution is 6.14. The first-order valence-corrected chi connectivity index (χ1v) is 12.5. The summed E-state index contributed by atoms with van der Waals surface area (Å²) in [4.78, 5) is 52.2. The van der Waals surface area contributed by atoms with Gasteiger partial charge in [0.25, 0.3) is 0 Å². The quantitative estimate of drug-likeness (QED) is 0.352. The average Bonchev–Trinajstić information content (AvgIpc) is 3.11. The summed E-state index contributed by atoms with van der Waals surface area (Å²) < 4.78 is 16.9. The Labute approximate surface area is 215 Å². The molecule has 0 amide bonds. The lowest BCUT2D eigenvalue weighted by atomic mass is 9.53. The summed E-state index contributed by atoms with van der Waals surface area (Å²) >= 11 is 0. The van der Waals surface area contributed by atoms with Gasteiger partial charge in [-0.3, -0.25) is 14.4 Å². The number of aliphatic hydroxyl groups is 2. The predicted octanol–water partition coefficient (Wildman–Crippen LogP) is 1.82. The molecule has 202 valence electrons. The number of Topliss-reactive ketones (excluding diaryl/α,β-unsaturated/α-hetero) is 2. The van der Waals surface area contributed by atoms with E-state index in [1.165, 1.54) is 20.2 Å². The van der Waals surface area contributed by atoms with Crippen molar-refractivity contribution in [3.63, 3.8) is 0 Å². The van der Waals surface area contributed by atoms with Gasteiger partial charge in [0.05, 0.1) is 29.7 Å². The van der Waals surface area contributed by atoms with Crippen LogP contribution in [0.4, 0.5) is 0 Å². The minimum atomic E-state index is -1.30. The van der Waals surface area contributed by atoms with Crippen molar-refractivity contribution in [1.29, 1.82) is 0 Å². The van der Waals surface area contributed by atoms with Crippen LogP contribution in [0.1, 0.15) is 53.9 Å². The van der Waals surface area contributed by atoms with Gasteiger partial charge in [-0.25, -0.2) is 4.79 Å². The number of ether oxygens (including phenoxy) is 3. The summed E-state index contributed by atoms with van der Waals surface area (Å²) in [5, 5.41) is 24.0. The molecule has 4 rings (SSSR count). The Morgan fingerprint density at radius 1 is 1.27 bits per heavy atom. The lowest BCUT2D eigenvalue weighted by Crippen LogP contribution is -2.57. The van der Waals surface area contributed by atoms with Crippen LogP contribution in [0.15, 0.2) is 34.3 Å². The van der Waals surface area contributed by atoms with E-state index >= 15 is 0 Å². The summed E-state index contributed by atoms with van der Waals surface area (Å²) in [5.74, 6) is -3.16. The predicted molar refractivity (Wildman–Crippen MR) is 130 cm³/mol. The number of aliphatic hydroxyl groups excluding tert-OH is 2. The van der Waals surface area contributed by atoms with Gasteiger partial charge in [-0.2, -0.15) is 0 Å². The van der Waals surface area contributed by atoms with Gasteiger partial charge in [0.2, 0.25) is 5.78 Å². The number of ketones is 2. The fourth-order valence-electron chi connectivity index (χ4n) is 6.41. The van der Waals surface area contributed by atoms with E-state index in [1.54, 1.807) is 27.7 Å². The number of cyclic esters (lactones) is 1. The zero-order valence-corrected chi connectivity index (χ0v) is 22.1. The first-order chi connectivity index (χ1) is 17.2. The van der Waals surface area contributed by atoms with Gasteiger partial charge in [0, 0.05) is 55.6 Å². The molecule has 0 bridgehead atoms. The van der Waals surface area contributed by atoms with Crippen molar-refractivity contribution >= 4 is 23.5 Å². The highest BCUT2D eigenvalue weighted by atomic mass is 16.6. The Morgan fingerprint density at radius 2 is 1.95 bits per heavy atom. The highest BCUT2D eigenvalue weighted by Gasteiger charge is 2.64. The maximum atomic E-state index is 13.9. The molecule has 0 aromatic carbocycles. The number of rotatable bonds is 6. The SMILES string of the molecule is COC[C@H]1OC(=O)/C(=C\NC(C)(C)CO)C2=C(O)C(=O)C3=C([C@H](OC(C)=O)C[C@]4(C)C(=O)CC[C@@H]34)[C@]21C. The van der Waals surface area contributed by atoms with Gasteiger partial charge in [-0.15, -0.1) is 0 Å². The third kappa shape index (κ3) is 4.01. The van der Waals surface area contributed by atoms with Gasteiger partial charge in [-0.05, 0) is 32.8 Å². The lowest BCUT2D eigenvalue weighted by Gasteiger charge is -2.53. The topological polar surface area (TPSA) is 148 Å². The fourth-order valence-corrected chi connectivity index (χ4v) is 6.41. The molecule has 0 spiro atoms. The Kier molecular flexibility index (Phi) is 6.65. The van der Waals surface area contributed by atoms with Crippen LogP contribution in [0.5, 0.6) is 0 Å². The van der Waals surface area contributed by atoms with Crippen molar-refractivity contribution < 1.29 is 43.6 Å². The zero-order chi connectivity index (χ0) is 27.5. The molecule has 1 heterocycles. The van der Waals surface area contributed by atoms with Crippen LogP contribution in [-0.4, -0.2) is 71.8 Å². The number of hydrogen-bond acceptors (Lipinski definition) is 10. The summed E-state index contributed by atoms with van der Waals surface area (Å²) in [6.45, 7) is 7.88. The molecule has 3 aliphatic carbocycles. The average molecular weight is 518 g/mol. The van der Waals surface area contributed by atoms with E-state index < -0.39 is 58.0 Å². The molecule has 0 radical (unpaired) electrons. The van der Waals surface area contributed by atoms with Crippen LogP contribution < -0.4 is 5.32 Å². The minimum absolute atomic E-state index is 0.0204. The van der Waals surface area contributed by atoms with Crippen molar-refractivity contribution in [1.82, 2.24) is 5.32 Å². The maximum Gasteiger partial charge on any atom is 0.340 e. The molecular formula is C27H35NO9. The molecule has 0 aromatic heterocycles. The molecule has 0 aromatic rings. The smallest absolute Gasteiger partial charge is 0.340 e. The van der Waals surface area contributed by atoms with Crippen LogP contribution in [0.3, 0.4) is 0 Å². The molecule has 10 heteroatoms. The Hall–Kier alpha value is -2.98. The number of allylic oxidation sites excluding steroid dienone is 1. The van der Waals surface area contributed by atoms with Gasteiger partial charge in [0.15, 0.2) is 5.76 Å². The lowest BCUT2D eigenvalue weighted by molar-refractivity contribution is -0.160. The Morgan fingerprint density at radius 3 is 2.54 bits per heavy atom. The van der Waals surface area contributed by atoms with Gasteiger partial charge < -0.3 is 29.7 Å². The number of methoxy groups -OCH3 is 1. The summed E-state index contributed by atoms with van der Waals surface area (Å²) in [5.41, 5.74) is -2.41. The zero-order valence-electron chi connectivity index (χ0n) is 22.1. The normalized spacial score (nSPS) is 34.7. The fraction of sp³-hybridized carbons (Fsp3) is 0.630. The molecule has 5 atom stereocenters. The van der Waals surface area contributed by atoms with E-state index in [9.17, 15) is 29.4 Å². The third-order valence-electron chi connectivity index (χ3n) is 8.42. The number of carbonyl (C=O) groups is 4. The summed E-state index contributed by atoms with van der Waals surface area (Å²) in [6.07, 6.45) is 0.295. The Balaban J connectivity index is 2.00. The summed E-state index contributed by atoms with van der Waals surface area (Å²) in [6, 6.07) is 0. The van der Waals surface area contributed by atoms with Crippen molar-refractivity contribution in [3.05, 3.63) is 34.3 Å². The summed E-state index contributed by atoms with van der Waals surface area (Å²) in [7, 11) is 1.44. The van der Waals surface area contributed by atoms with Gasteiger partial charge in [-0.1, -0.05) is 6.92 Å². The van der Waals surface area contributed by atoms with E-state index in [0.29, 0.717) is 12.0 Å². The second-order valence-corrected chi connectivity index (χ2v) is 11.4. The number of esters is 2. The number of hydrogen-bond donors (Lipinski definition) is 3. The van der Waals surface area contributed by atoms with Crippen LogP contribution in [0.2, 0.25) is 0 Å². The standard InChI is InChI=1S/C27H35NO9/c1-13(30)36-16-9-26(4)15(7-8-17(26)31)19-21(16)27(5)18(11-35-6)37-24(34)14(10-28-25(2,3)12-29)20(27)23(33)22(19)32/h10,15-16,18,28-29,33H,7-9,11-12H2,1-6H3/b14-10-/t15-,16+,18+,26-,27-/m0/s1. The molecule has 2 fully saturated rings.